The highest BCUT2D eigenvalue weighted by atomic mass is 35.5. The zero-order valence-corrected chi connectivity index (χ0v) is 8.72. The topological polar surface area (TPSA) is 32.3 Å². The van der Waals surface area contributed by atoms with E-state index in [1.807, 2.05) is 6.07 Å². The lowest BCUT2D eigenvalue weighted by atomic mass is 9.93. The second-order valence-corrected chi connectivity index (χ2v) is 4.22. The Kier molecular flexibility index (Phi) is 2.94. The molecule has 1 fully saturated rings. The van der Waals surface area contributed by atoms with Gasteiger partial charge in [-0.15, -0.1) is 0 Å². The van der Waals surface area contributed by atoms with E-state index in [2.05, 4.69) is 5.32 Å². The Balaban J connectivity index is 1.94. The van der Waals surface area contributed by atoms with Gasteiger partial charge in [-0.3, -0.25) is 0 Å². The largest absolute Gasteiger partial charge is 0.508 e. The molecule has 2 N–H and O–H groups in total. The van der Waals surface area contributed by atoms with Crippen molar-refractivity contribution in [1.82, 2.24) is 5.32 Å². The molecule has 0 aromatic heterocycles. The summed E-state index contributed by atoms with van der Waals surface area (Å²) in [5.41, 5.74) is 0.918. The number of hydrogen-bond acceptors (Lipinski definition) is 2. The highest BCUT2D eigenvalue weighted by Crippen LogP contribution is 2.23. The van der Waals surface area contributed by atoms with Crippen LogP contribution in [0.3, 0.4) is 0 Å². The molecule has 0 radical (unpaired) electrons. The molecule has 1 aliphatic carbocycles. The maximum atomic E-state index is 9.57. The highest BCUT2D eigenvalue weighted by molar-refractivity contribution is 6.30. The van der Waals surface area contributed by atoms with Crippen LogP contribution in [-0.2, 0) is 6.54 Å². The zero-order chi connectivity index (χ0) is 9.97. The lowest BCUT2D eigenvalue weighted by Gasteiger charge is -2.26. The van der Waals surface area contributed by atoms with Crippen LogP contribution in [0, 0.1) is 0 Å². The molecule has 0 atom stereocenters. The van der Waals surface area contributed by atoms with Crippen LogP contribution >= 0.6 is 11.6 Å². The van der Waals surface area contributed by atoms with Crippen molar-refractivity contribution in [2.45, 2.75) is 31.8 Å². The third-order valence-corrected chi connectivity index (χ3v) is 2.97. The quantitative estimate of drug-likeness (QED) is 0.806. The molecule has 76 valence electrons. The Morgan fingerprint density at radius 1 is 1.43 bits per heavy atom. The lowest BCUT2D eigenvalue weighted by molar-refractivity contribution is 0.336. The first-order valence-electron chi connectivity index (χ1n) is 4.96. The molecule has 1 aliphatic rings. The van der Waals surface area contributed by atoms with Crippen molar-refractivity contribution in [1.29, 1.82) is 0 Å². The van der Waals surface area contributed by atoms with Gasteiger partial charge in [0, 0.05) is 23.2 Å². The molecule has 0 heterocycles. The maximum Gasteiger partial charge on any atom is 0.121 e. The summed E-state index contributed by atoms with van der Waals surface area (Å²) in [4.78, 5) is 0. The van der Waals surface area contributed by atoms with Crippen LogP contribution in [0.1, 0.15) is 24.8 Å². The number of benzene rings is 1. The molecule has 0 unspecified atom stereocenters. The molecule has 2 rings (SSSR count). The lowest BCUT2D eigenvalue weighted by Crippen LogP contribution is -2.34. The summed E-state index contributed by atoms with van der Waals surface area (Å²) in [6, 6.07) is 5.90. The van der Waals surface area contributed by atoms with Crippen molar-refractivity contribution in [2.24, 2.45) is 0 Å². The first-order chi connectivity index (χ1) is 6.75. The Morgan fingerprint density at radius 3 is 2.79 bits per heavy atom. The van der Waals surface area contributed by atoms with Crippen LogP contribution in [0.4, 0.5) is 0 Å². The molecule has 2 nitrogen and oxygen atoms in total. The summed E-state index contributed by atoms with van der Waals surface area (Å²) < 4.78 is 0. The van der Waals surface area contributed by atoms with Gasteiger partial charge in [-0.2, -0.15) is 0 Å². The number of aromatic hydroxyl groups is 1. The van der Waals surface area contributed by atoms with Crippen LogP contribution < -0.4 is 5.32 Å². The molecule has 1 aromatic carbocycles. The van der Waals surface area contributed by atoms with Gasteiger partial charge >= 0.3 is 0 Å². The minimum Gasteiger partial charge on any atom is -0.508 e. The zero-order valence-electron chi connectivity index (χ0n) is 7.96. The van der Waals surface area contributed by atoms with Crippen LogP contribution in [-0.4, -0.2) is 11.1 Å². The summed E-state index contributed by atoms with van der Waals surface area (Å²) >= 11 is 5.74. The summed E-state index contributed by atoms with van der Waals surface area (Å²) in [6.45, 7) is 0.730. The Morgan fingerprint density at radius 2 is 2.21 bits per heavy atom. The van der Waals surface area contributed by atoms with Crippen LogP contribution in [0.5, 0.6) is 5.75 Å². The van der Waals surface area contributed by atoms with Crippen molar-refractivity contribution in [3.05, 3.63) is 28.8 Å². The van der Waals surface area contributed by atoms with E-state index in [0.29, 0.717) is 11.1 Å². The molecular formula is C11H14ClNO. The number of phenolic OH excluding ortho intramolecular Hbond substituents is 1. The first-order valence-corrected chi connectivity index (χ1v) is 5.34. The van der Waals surface area contributed by atoms with E-state index in [4.69, 9.17) is 11.6 Å². The Hall–Kier alpha value is -0.730. The molecule has 1 aromatic rings. The van der Waals surface area contributed by atoms with E-state index in [9.17, 15) is 5.11 Å². The molecule has 0 aliphatic heterocycles. The van der Waals surface area contributed by atoms with Gasteiger partial charge in [-0.05, 0) is 25.0 Å². The summed E-state index contributed by atoms with van der Waals surface area (Å²) in [5.74, 6) is 0.282. The fourth-order valence-electron chi connectivity index (χ4n) is 1.55. The van der Waals surface area contributed by atoms with E-state index < -0.39 is 0 Å². The smallest absolute Gasteiger partial charge is 0.121 e. The van der Waals surface area contributed by atoms with E-state index in [-0.39, 0.29) is 5.75 Å². The number of hydrogen-bond donors (Lipinski definition) is 2. The van der Waals surface area contributed by atoms with Gasteiger partial charge < -0.3 is 10.4 Å². The minimum atomic E-state index is 0.282. The van der Waals surface area contributed by atoms with E-state index in [0.717, 1.165) is 12.1 Å². The molecule has 14 heavy (non-hydrogen) atoms. The van der Waals surface area contributed by atoms with Gasteiger partial charge in [0.25, 0.3) is 0 Å². The van der Waals surface area contributed by atoms with Gasteiger partial charge in [0.1, 0.15) is 5.75 Å². The summed E-state index contributed by atoms with van der Waals surface area (Å²) in [7, 11) is 0. The van der Waals surface area contributed by atoms with Crippen molar-refractivity contribution >= 4 is 11.6 Å². The summed E-state index contributed by atoms with van der Waals surface area (Å²) in [6.07, 6.45) is 3.84. The fourth-order valence-corrected chi connectivity index (χ4v) is 1.72. The van der Waals surface area contributed by atoms with E-state index in [1.54, 1.807) is 12.1 Å². The molecule has 0 spiro atoms. The minimum absolute atomic E-state index is 0.282. The predicted octanol–water partition coefficient (Wildman–Crippen LogP) is 2.69. The third kappa shape index (κ3) is 2.20. The summed E-state index contributed by atoms with van der Waals surface area (Å²) in [5, 5.41) is 13.5. The van der Waals surface area contributed by atoms with Gasteiger partial charge in [0.15, 0.2) is 0 Å². The monoisotopic (exact) mass is 211 g/mol. The van der Waals surface area contributed by atoms with Crippen LogP contribution in [0.15, 0.2) is 18.2 Å². The average Bonchev–Trinajstić information content (AvgIpc) is 2.05. The number of phenols is 1. The van der Waals surface area contributed by atoms with Gasteiger partial charge in [0.05, 0.1) is 0 Å². The second-order valence-electron chi connectivity index (χ2n) is 3.78. The molecule has 3 heteroatoms. The SMILES string of the molecule is Oc1cc(Cl)ccc1CNC1CCC1. The van der Waals surface area contributed by atoms with Crippen molar-refractivity contribution in [3.63, 3.8) is 0 Å². The van der Waals surface area contributed by atoms with E-state index >= 15 is 0 Å². The van der Waals surface area contributed by atoms with Crippen molar-refractivity contribution in [3.8, 4) is 5.75 Å². The second kappa shape index (κ2) is 4.20. The Bertz CT molecular complexity index is 323. The number of nitrogens with one attached hydrogen (secondary N) is 1. The highest BCUT2D eigenvalue weighted by Gasteiger charge is 2.16. The number of rotatable bonds is 3. The van der Waals surface area contributed by atoms with Crippen LogP contribution in [0.25, 0.3) is 0 Å². The molecule has 0 bridgehead atoms. The maximum absolute atomic E-state index is 9.57. The molecule has 0 amide bonds. The van der Waals surface area contributed by atoms with Gasteiger partial charge in [-0.25, -0.2) is 0 Å². The molecular weight excluding hydrogens is 198 g/mol. The Labute approximate surface area is 88.9 Å². The van der Waals surface area contributed by atoms with Gasteiger partial charge in [-0.1, -0.05) is 24.1 Å². The first kappa shape index (κ1) is 9.81. The van der Waals surface area contributed by atoms with Crippen molar-refractivity contribution in [2.75, 3.05) is 0 Å². The van der Waals surface area contributed by atoms with Crippen LogP contribution in [0.2, 0.25) is 5.02 Å². The van der Waals surface area contributed by atoms with Gasteiger partial charge in [0.2, 0.25) is 0 Å². The number of halogens is 1. The standard InChI is InChI=1S/C11H14ClNO/c12-9-5-4-8(11(14)6-9)7-13-10-2-1-3-10/h4-6,10,13-14H,1-3,7H2. The third-order valence-electron chi connectivity index (χ3n) is 2.73. The van der Waals surface area contributed by atoms with E-state index in [1.165, 1.54) is 19.3 Å². The normalized spacial score (nSPS) is 16.6. The predicted molar refractivity (Wildman–Crippen MR) is 57.6 cm³/mol. The molecule has 0 saturated heterocycles. The average molecular weight is 212 g/mol. The molecule has 1 saturated carbocycles. The fraction of sp³-hybridized carbons (Fsp3) is 0.455. The van der Waals surface area contributed by atoms with Crippen molar-refractivity contribution < 1.29 is 5.11 Å².